The topological polar surface area (TPSA) is 58.2 Å². The third kappa shape index (κ3) is 4.20. The van der Waals surface area contributed by atoms with Gasteiger partial charge >= 0.3 is 0 Å². The summed E-state index contributed by atoms with van der Waals surface area (Å²) in [5.74, 6) is -0.519. The van der Waals surface area contributed by atoms with Crippen LogP contribution in [0.3, 0.4) is 0 Å². The van der Waals surface area contributed by atoms with E-state index in [1.807, 2.05) is 48.5 Å². The molecule has 2 amide bonds. The van der Waals surface area contributed by atoms with Crippen LogP contribution in [-0.4, -0.2) is 18.4 Å². The van der Waals surface area contributed by atoms with Gasteiger partial charge in [-0.15, -0.1) is 0 Å². The van der Waals surface area contributed by atoms with Crippen molar-refractivity contribution in [3.8, 4) is 0 Å². The number of amides is 2. The molecule has 2 aromatic carbocycles. The molecule has 2 N–H and O–H groups in total. The highest BCUT2D eigenvalue weighted by Crippen LogP contribution is 2.43. The first-order valence-corrected chi connectivity index (χ1v) is 8.97. The van der Waals surface area contributed by atoms with Gasteiger partial charge in [0.15, 0.2) is 0 Å². The maximum Gasteiger partial charge on any atom is 0.267 e. The Morgan fingerprint density at radius 3 is 2.15 bits per heavy atom. The van der Waals surface area contributed by atoms with Crippen LogP contribution < -0.4 is 10.6 Å². The largest absolute Gasteiger partial charge is 0.350 e. The molecule has 0 aromatic heterocycles. The summed E-state index contributed by atoms with van der Waals surface area (Å²) in [5.41, 5.74) is 2.41. The second-order valence-corrected chi connectivity index (χ2v) is 6.83. The van der Waals surface area contributed by atoms with Crippen molar-refractivity contribution < 1.29 is 9.59 Å². The molecule has 3 rings (SSSR count). The fourth-order valence-electron chi connectivity index (χ4n) is 3.37. The standard InChI is InChI=1S/C22H24N2O2/c1-17(25)24-20(15-18-9-4-2-5-10-18)21(26)23-16-22(13-8-14-22)19-11-6-3-7-12-19/h2-7,9-12,15H,8,13-14,16H2,1H3,(H,23,26)(H,24,25). The fourth-order valence-corrected chi connectivity index (χ4v) is 3.37. The van der Waals surface area contributed by atoms with E-state index in [4.69, 9.17) is 0 Å². The number of hydrogen-bond donors (Lipinski definition) is 2. The third-order valence-corrected chi connectivity index (χ3v) is 4.95. The van der Waals surface area contributed by atoms with E-state index in [1.165, 1.54) is 18.9 Å². The van der Waals surface area contributed by atoms with Gasteiger partial charge < -0.3 is 10.6 Å². The lowest BCUT2D eigenvalue weighted by Crippen LogP contribution is -2.47. The van der Waals surface area contributed by atoms with Gasteiger partial charge in [-0.1, -0.05) is 67.1 Å². The first-order chi connectivity index (χ1) is 12.6. The molecule has 134 valence electrons. The van der Waals surface area contributed by atoms with E-state index in [0.29, 0.717) is 6.54 Å². The Labute approximate surface area is 154 Å². The summed E-state index contributed by atoms with van der Waals surface area (Å²) in [6, 6.07) is 19.8. The van der Waals surface area contributed by atoms with Crippen LogP contribution in [0.4, 0.5) is 0 Å². The minimum atomic E-state index is -0.260. The molecule has 1 aliphatic rings. The minimum Gasteiger partial charge on any atom is -0.350 e. The van der Waals surface area contributed by atoms with Crippen molar-refractivity contribution in [2.45, 2.75) is 31.6 Å². The molecular formula is C22H24N2O2. The molecule has 0 saturated heterocycles. The predicted octanol–water partition coefficient (Wildman–Crippen LogP) is 3.40. The Bertz CT molecular complexity index is 793. The highest BCUT2D eigenvalue weighted by molar-refractivity contribution is 6.00. The number of carbonyl (C=O) groups is 2. The molecule has 0 radical (unpaired) electrons. The van der Waals surface area contributed by atoms with E-state index in [9.17, 15) is 9.59 Å². The van der Waals surface area contributed by atoms with Crippen molar-refractivity contribution in [3.63, 3.8) is 0 Å². The van der Waals surface area contributed by atoms with Gasteiger partial charge in [-0.2, -0.15) is 0 Å². The molecule has 1 aliphatic carbocycles. The van der Waals surface area contributed by atoms with Crippen LogP contribution in [0, 0.1) is 0 Å². The van der Waals surface area contributed by atoms with Gasteiger partial charge in [-0.3, -0.25) is 9.59 Å². The minimum absolute atomic E-state index is 0.00496. The van der Waals surface area contributed by atoms with Gasteiger partial charge in [-0.05, 0) is 30.0 Å². The summed E-state index contributed by atoms with van der Waals surface area (Å²) in [7, 11) is 0. The van der Waals surface area contributed by atoms with Gasteiger partial charge in [0.05, 0.1) is 0 Å². The first kappa shape index (κ1) is 17.9. The monoisotopic (exact) mass is 348 g/mol. The number of carbonyl (C=O) groups excluding carboxylic acids is 2. The molecule has 0 bridgehead atoms. The van der Waals surface area contributed by atoms with Gasteiger partial charge in [0.2, 0.25) is 5.91 Å². The molecule has 1 saturated carbocycles. The zero-order chi connectivity index (χ0) is 18.4. The normalized spacial score (nSPS) is 15.7. The molecule has 0 aliphatic heterocycles. The van der Waals surface area contributed by atoms with Crippen LogP contribution in [0.15, 0.2) is 66.4 Å². The van der Waals surface area contributed by atoms with Crippen molar-refractivity contribution in [1.29, 1.82) is 0 Å². The van der Waals surface area contributed by atoms with Crippen molar-refractivity contribution in [2.24, 2.45) is 0 Å². The number of benzene rings is 2. The lowest BCUT2D eigenvalue weighted by Gasteiger charge is -2.42. The van der Waals surface area contributed by atoms with Crippen molar-refractivity contribution >= 4 is 17.9 Å². The Morgan fingerprint density at radius 1 is 1.00 bits per heavy atom. The lowest BCUT2D eigenvalue weighted by atomic mass is 9.64. The third-order valence-electron chi connectivity index (χ3n) is 4.95. The van der Waals surface area contributed by atoms with E-state index in [-0.39, 0.29) is 22.9 Å². The SMILES string of the molecule is CC(=O)NC(=Cc1ccccc1)C(=O)NCC1(c2ccccc2)CCC1. The summed E-state index contributed by atoms with van der Waals surface area (Å²) < 4.78 is 0. The predicted molar refractivity (Wildman–Crippen MR) is 103 cm³/mol. The molecule has 1 fully saturated rings. The molecule has 0 atom stereocenters. The van der Waals surface area contributed by atoms with Gasteiger partial charge in [-0.25, -0.2) is 0 Å². The Kier molecular flexibility index (Phi) is 5.52. The van der Waals surface area contributed by atoms with Crippen molar-refractivity contribution in [1.82, 2.24) is 10.6 Å². The first-order valence-electron chi connectivity index (χ1n) is 8.97. The smallest absolute Gasteiger partial charge is 0.267 e. The second kappa shape index (κ2) is 8.00. The molecule has 0 spiro atoms. The summed E-state index contributed by atoms with van der Waals surface area (Å²) in [6.45, 7) is 1.98. The van der Waals surface area contributed by atoms with Crippen LogP contribution in [-0.2, 0) is 15.0 Å². The van der Waals surface area contributed by atoms with Crippen LogP contribution in [0.2, 0.25) is 0 Å². The average molecular weight is 348 g/mol. The van der Waals surface area contributed by atoms with E-state index in [2.05, 4.69) is 22.8 Å². The molecule has 0 unspecified atom stereocenters. The highest BCUT2D eigenvalue weighted by atomic mass is 16.2. The molecule has 4 heteroatoms. The Hall–Kier alpha value is -2.88. The van der Waals surface area contributed by atoms with E-state index in [1.54, 1.807) is 6.08 Å². The zero-order valence-corrected chi connectivity index (χ0v) is 15.0. The summed E-state index contributed by atoms with van der Waals surface area (Å²) in [4.78, 5) is 24.2. The maximum atomic E-state index is 12.7. The van der Waals surface area contributed by atoms with E-state index >= 15 is 0 Å². The summed E-state index contributed by atoms with van der Waals surface area (Å²) >= 11 is 0. The van der Waals surface area contributed by atoms with Crippen molar-refractivity contribution in [2.75, 3.05) is 6.54 Å². The van der Waals surface area contributed by atoms with Crippen LogP contribution >= 0.6 is 0 Å². The van der Waals surface area contributed by atoms with E-state index < -0.39 is 0 Å². The van der Waals surface area contributed by atoms with Gasteiger partial charge in [0, 0.05) is 18.9 Å². The maximum absolute atomic E-state index is 12.7. The highest BCUT2D eigenvalue weighted by Gasteiger charge is 2.38. The van der Waals surface area contributed by atoms with Gasteiger partial charge in [0.1, 0.15) is 5.70 Å². The lowest BCUT2D eigenvalue weighted by molar-refractivity contribution is -0.122. The Morgan fingerprint density at radius 2 is 1.62 bits per heavy atom. The molecule has 2 aromatic rings. The summed E-state index contributed by atoms with van der Waals surface area (Å²) in [6.07, 6.45) is 5.00. The van der Waals surface area contributed by atoms with E-state index in [0.717, 1.165) is 18.4 Å². The van der Waals surface area contributed by atoms with Crippen LogP contribution in [0.25, 0.3) is 6.08 Å². The van der Waals surface area contributed by atoms with Crippen LogP contribution in [0.5, 0.6) is 0 Å². The molecular weight excluding hydrogens is 324 g/mol. The molecule has 0 heterocycles. The zero-order valence-electron chi connectivity index (χ0n) is 15.0. The Balaban J connectivity index is 1.74. The molecule has 26 heavy (non-hydrogen) atoms. The average Bonchev–Trinajstić information content (AvgIpc) is 2.61. The second-order valence-electron chi connectivity index (χ2n) is 6.83. The molecule has 4 nitrogen and oxygen atoms in total. The van der Waals surface area contributed by atoms with Gasteiger partial charge in [0.25, 0.3) is 5.91 Å². The number of rotatable bonds is 6. The summed E-state index contributed by atoms with van der Waals surface area (Å²) in [5, 5.41) is 5.68. The van der Waals surface area contributed by atoms with Crippen molar-refractivity contribution in [3.05, 3.63) is 77.5 Å². The van der Waals surface area contributed by atoms with Crippen LogP contribution in [0.1, 0.15) is 37.3 Å². The number of nitrogens with one attached hydrogen (secondary N) is 2. The quantitative estimate of drug-likeness (QED) is 0.786. The fraction of sp³-hybridized carbons (Fsp3) is 0.273. The number of hydrogen-bond acceptors (Lipinski definition) is 2.